The lowest BCUT2D eigenvalue weighted by atomic mass is 10.0. The fourth-order valence-electron chi connectivity index (χ4n) is 1.37. The number of rotatable bonds is 5. The molecule has 0 saturated heterocycles. The summed E-state index contributed by atoms with van der Waals surface area (Å²) >= 11 is 0. The molecule has 0 unspecified atom stereocenters. The lowest BCUT2D eigenvalue weighted by Crippen LogP contribution is -2.28. The summed E-state index contributed by atoms with van der Waals surface area (Å²) in [5.74, 6) is -5.71. The van der Waals surface area contributed by atoms with E-state index in [0.717, 1.165) is 12.1 Å². The minimum absolute atomic E-state index is 0.150. The zero-order valence-electron chi connectivity index (χ0n) is 9.91. The fraction of sp³-hybridized carbons (Fsp3) is 0.333. The van der Waals surface area contributed by atoms with E-state index in [1.54, 1.807) is 0 Å². The first-order valence-corrected chi connectivity index (χ1v) is 5.16. The van der Waals surface area contributed by atoms with Crippen molar-refractivity contribution in [3.63, 3.8) is 0 Å². The van der Waals surface area contributed by atoms with Crippen LogP contribution >= 0.6 is 0 Å². The van der Waals surface area contributed by atoms with Crippen molar-refractivity contribution in [3.8, 4) is 5.75 Å². The predicted octanol–water partition coefficient (Wildman–Crippen LogP) is 2.16. The molecule has 0 fully saturated rings. The van der Waals surface area contributed by atoms with E-state index >= 15 is 0 Å². The van der Waals surface area contributed by atoms with E-state index in [1.165, 1.54) is 20.1 Å². The van der Waals surface area contributed by atoms with Crippen LogP contribution in [-0.2, 0) is 15.5 Å². The average molecular weight is 258 g/mol. The highest BCUT2D eigenvalue weighted by atomic mass is 19.3. The Bertz CT molecular complexity index is 457. The lowest BCUT2D eigenvalue weighted by molar-refractivity contribution is -0.173. The van der Waals surface area contributed by atoms with Crippen molar-refractivity contribution in [2.75, 3.05) is 13.7 Å². The van der Waals surface area contributed by atoms with E-state index in [0.29, 0.717) is 6.29 Å². The third-order valence-electron chi connectivity index (χ3n) is 2.23. The number of hydrogen-bond donors (Lipinski definition) is 0. The van der Waals surface area contributed by atoms with E-state index in [1.807, 2.05) is 0 Å². The summed E-state index contributed by atoms with van der Waals surface area (Å²) in [6.07, 6.45) is 0.495. The van der Waals surface area contributed by atoms with Gasteiger partial charge >= 0.3 is 11.9 Å². The van der Waals surface area contributed by atoms with Crippen molar-refractivity contribution < 1.29 is 27.8 Å². The Morgan fingerprint density at radius 2 is 2.11 bits per heavy atom. The maximum absolute atomic E-state index is 13.8. The van der Waals surface area contributed by atoms with E-state index < -0.39 is 17.5 Å². The minimum atomic E-state index is -3.82. The summed E-state index contributed by atoms with van der Waals surface area (Å²) < 4.78 is 36.6. The Morgan fingerprint density at radius 1 is 1.44 bits per heavy atom. The van der Waals surface area contributed by atoms with Gasteiger partial charge in [0.2, 0.25) is 0 Å². The van der Waals surface area contributed by atoms with Crippen LogP contribution in [-0.4, -0.2) is 26.0 Å². The van der Waals surface area contributed by atoms with Gasteiger partial charge in [-0.05, 0) is 19.1 Å². The SMILES string of the molecule is CCOC(=O)C(F)(F)c1ccc(C=O)cc1OC. The predicted molar refractivity (Wildman–Crippen MR) is 58.9 cm³/mol. The highest BCUT2D eigenvalue weighted by molar-refractivity contribution is 5.82. The van der Waals surface area contributed by atoms with E-state index in [2.05, 4.69) is 4.74 Å². The molecular weight excluding hydrogens is 246 g/mol. The number of halogens is 2. The Hall–Kier alpha value is -1.98. The van der Waals surface area contributed by atoms with Gasteiger partial charge in [0.15, 0.2) is 0 Å². The second-order valence-electron chi connectivity index (χ2n) is 3.37. The topological polar surface area (TPSA) is 52.6 Å². The molecule has 0 aliphatic rings. The summed E-state index contributed by atoms with van der Waals surface area (Å²) in [6.45, 7) is 1.28. The summed E-state index contributed by atoms with van der Waals surface area (Å²) in [7, 11) is 1.18. The summed E-state index contributed by atoms with van der Waals surface area (Å²) in [6, 6.07) is 3.28. The molecule has 0 N–H and O–H groups in total. The minimum Gasteiger partial charge on any atom is -0.496 e. The number of benzene rings is 1. The Balaban J connectivity index is 3.22. The maximum Gasteiger partial charge on any atom is 0.382 e. The molecule has 0 atom stereocenters. The van der Waals surface area contributed by atoms with E-state index in [-0.39, 0.29) is 17.9 Å². The van der Waals surface area contributed by atoms with Crippen LogP contribution < -0.4 is 4.74 Å². The van der Waals surface area contributed by atoms with Crippen molar-refractivity contribution >= 4 is 12.3 Å². The average Bonchev–Trinajstić information content (AvgIpc) is 2.38. The van der Waals surface area contributed by atoms with Crippen molar-refractivity contribution in [3.05, 3.63) is 29.3 Å². The molecule has 0 aromatic heterocycles. The second-order valence-corrected chi connectivity index (χ2v) is 3.37. The van der Waals surface area contributed by atoms with Gasteiger partial charge in [0.1, 0.15) is 12.0 Å². The van der Waals surface area contributed by atoms with Gasteiger partial charge in [-0.15, -0.1) is 0 Å². The number of ether oxygens (including phenoxy) is 2. The van der Waals surface area contributed by atoms with Gasteiger partial charge in [-0.25, -0.2) is 4.79 Å². The molecule has 1 rings (SSSR count). The van der Waals surface area contributed by atoms with Crippen molar-refractivity contribution in [1.82, 2.24) is 0 Å². The van der Waals surface area contributed by atoms with Gasteiger partial charge in [0.05, 0.1) is 19.3 Å². The van der Waals surface area contributed by atoms with Crippen LogP contribution in [0, 0.1) is 0 Å². The molecule has 98 valence electrons. The van der Waals surface area contributed by atoms with Gasteiger partial charge in [-0.2, -0.15) is 8.78 Å². The Morgan fingerprint density at radius 3 is 2.61 bits per heavy atom. The van der Waals surface area contributed by atoms with Crippen LogP contribution in [0.4, 0.5) is 8.78 Å². The smallest absolute Gasteiger partial charge is 0.382 e. The zero-order chi connectivity index (χ0) is 13.8. The van der Waals surface area contributed by atoms with Gasteiger partial charge in [-0.3, -0.25) is 4.79 Å². The molecule has 0 spiro atoms. The number of methoxy groups -OCH3 is 1. The molecule has 1 aromatic rings. The van der Waals surface area contributed by atoms with Crippen molar-refractivity contribution in [2.45, 2.75) is 12.8 Å². The first kappa shape index (κ1) is 14.1. The third-order valence-corrected chi connectivity index (χ3v) is 2.23. The molecular formula is C12H12F2O4. The van der Waals surface area contributed by atoms with E-state index in [9.17, 15) is 18.4 Å². The second kappa shape index (κ2) is 5.57. The molecule has 0 aliphatic heterocycles. The first-order valence-electron chi connectivity index (χ1n) is 5.16. The maximum atomic E-state index is 13.8. The number of aldehydes is 1. The summed E-state index contributed by atoms with van der Waals surface area (Å²) in [5, 5.41) is 0. The molecule has 0 radical (unpaired) electrons. The van der Waals surface area contributed by atoms with Gasteiger partial charge in [0.25, 0.3) is 0 Å². The van der Waals surface area contributed by atoms with Crippen LogP contribution in [0.2, 0.25) is 0 Å². The van der Waals surface area contributed by atoms with Gasteiger partial charge < -0.3 is 9.47 Å². The van der Waals surface area contributed by atoms with Crippen LogP contribution in [0.15, 0.2) is 18.2 Å². The highest BCUT2D eigenvalue weighted by Crippen LogP contribution is 2.36. The van der Waals surface area contributed by atoms with Crippen molar-refractivity contribution in [1.29, 1.82) is 0 Å². The Kier molecular flexibility index (Phi) is 4.36. The standard InChI is InChI=1S/C12H12F2O4/c1-3-18-11(16)12(13,14)9-5-4-8(7-15)6-10(9)17-2/h4-7H,3H2,1-2H3. The summed E-state index contributed by atoms with van der Waals surface area (Å²) in [5.41, 5.74) is -0.454. The molecule has 0 aliphatic carbocycles. The molecule has 0 saturated carbocycles. The molecule has 1 aromatic carbocycles. The van der Waals surface area contributed by atoms with E-state index in [4.69, 9.17) is 4.74 Å². The molecule has 6 heteroatoms. The summed E-state index contributed by atoms with van der Waals surface area (Å²) in [4.78, 5) is 21.7. The fourth-order valence-corrected chi connectivity index (χ4v) is 1.37. The lowest BCUT2D eigenvalue weighted by Gasteiger charge is -2.17. The first-order chi connectivity index (χ1) is 8.47. The number of hydrogen-bond acceptors (Lipinski definition) is 4. The molecule has 18 heavy (non-hydrogen) atoms. The zero-order valence-corrected chi connectivity index (χ0v) is 9.91. The Labute approximate surface area is 103 Å². The molecule has 0 amide bonds. The van der Waals surface area contributed by atoms with Gasteiger partial charge in [0, 0.05) is 5.56 Å². The highest BCUT2D eigenvalue weighted by Gasteiger charge is 2.45. The number of alkyl halides is 2. The number of carbonyl (C=O) groups is 2. The number of esters is 1. The van der Waals surface area contributed by atoms with Crippen LogP contribution in [0.5, 0.6) is 5.75 Å². The molecule has 0 bridgehead atoms. The van der Waals surface area contributed by atoms with Gasteiger partial charge in [-0.1, -0.05) is 6.07 Å². The van der Waals surface area contributed by atoms with Crippen LogP contribution in [0.1, 0.15) is 22.8 Å². The van der Waals surface area contributed by atoms with Crippen LogP contribution in [0.3, 0.4) is 0 Å². The normalized spacial score (nSPS) is 10.9. The number of carbonyl (C=O) groups excluding carboxylic acids is 2. The molecule has 0 heterocycles. The quantitative estimate of drug-likeness (QED) is 0.600. The molecule has 4 nitrogen and oxygen atoms in total. The van der Waals surface area contributed by atoms with Crippen molar-refractivity contribution in [2.24, 2.45) is 0 Å². The largest absolute Gasteiger partial charge is 0.496 e. The van der Waals surface area contributed by atoms with Crippen LogP contribution in [0.25, 0.3) is 0 Å². The monoisotopic (exact) mass is 258 g/mol. The third kappa shape index (κ3) is 2.64.